The van der Waals surface area contributed by atoms with Gasteiger partial charge in [-0.2, -0.15) is 5.10 Å². The topological polar surface area (TPSA) is 41.3 Å². The fraction of sp³-hybridized carbons (Fsp3) is 0.588. The summed E-state index contributed by atoms with van der Waals surface area (Å²) in [5, 5.41) is 16.8. The predicted molar refractivity (Wildman–Crippen MR) is 89.8 cm³/mol. The van der Waals surface area contributed by atoms with E-state index in [1.165, 1.54) is 31.4 Å². The van der Waals surface area contributed by atoms with Crippen molar-refractivity contribution in [3.63, 3.8) is 0 Å². The van der Waals surface area contributed by atoms with Crippen molar-refractivity contribution in [1.29, 1.82) is 0 Å². The third kappa shape index (κ3) is 3.77. The third-order valence-electron chi connectivity index (χ3n) is 4.65. The molecule has 1 aliphatic rings. The molecule has 22 heavy (non-hydrogen) atoms. The van der Waals surface area contributed by atoms with Crippen molar-refractivity contribution in [2.75, 3.05) is 6.54 Å². The van der Waals surface area contributed by atoms with Crippen molar-refractivity contribution in [1.82, 2.24) is 14.7 Å². The van der Waals surface area contributed by atoms with Crippen LogP contribution in [-0.4, -0.2) is 32.4 Å². The highest BCUT2D eigenvalue weighted by atomic mass is 32.1. The Balaban J connectivity index is 1.69. The smallest absolute Gasteiger partial charge is 0.0896 e. The Bertz CT molecular complexity index is 566. The first-order valence-electron chi connectivity index (χ1n) is 8.16. The van der Waals surface area contributed by atoms with Crippen LogP contribution in [0.3, 0.4) is 0 Å². The lowest BCUT2D eigenvalue weighted by Gasteiger charge is -2.31. The molecule has 2 aromatic heterocycles. The number of hydrogen-bond donors (Lipinski definition) is 1. The first-order chi connectivity index (χ1) is 10.7. The van der Waals surface area contributed by atoms with E-state index in [9.17, 15) is 5.11 Å². The van der Waals surface area contributed by atoms with Crippen LogP contribution in [0.5, 0.6) is 0 Å². The number of rotatable bonds is 5. The second-order valence-corrected chi connectivity index (χ2v) is 7.17. The Morgan fingerprint density at radius 1 is 1.36 bits per heavy atom. The van der Waals surface area contributed by atoms with E-state index in [1.807, 2.05) is 35.4 Å². The number of hydrogen-bond acceptors (Lipinski definition) is 4. The molecule has 0 aliphatic carbocycles. The van der Waals surface area contributed by atoms with Crippen molar-refractivity contribution in [3.05, 3.63) is 40.3 Å². The van der Waals surface area contributed by atoms with Gasteiger partial charge in [-0.3, -0.25) is 9.58 Å². The number of nitrogens with zero attached hydrogens (tertiary/aromatic N) is 3. The molecule has 1 saturated heterocycles. The van der Waals surface area contributed by atoms with E-state index in [0.717, 1.165) is 24.4 Å². The van der Waals surface area contributed by atoms with Crippen LogP contribution in [0.4, 0.5) is 0 Å². The standard InChI is InChI=1S/C17H25N3OS/c1-19-15(8-9-18-19)13-20-10-4-2-3-6-14(20)12-16(21)17-7-5-11-22-17/h5,7-9,11,14,16,21H,2-4,6,10,12-13H2,1H3. The summed E-state index contributed by atoms with van der Waals surface area (Å²) in [6.45, 7) is 2.05. The largest absolute Gasteiger partial charge is 0.388 e. The zero-order valence-corrected chi connectivity index (χ0v) is 14.0. The van der Waals surface area contributed by atoms with Gasteiger partial charge >= 0.3 is 0 Å². The molecule has 2 aromatic rings. The number of aryl methyl sites for hydroxylation is 1. The van der Waals surface area contributed by atoms with Gasteiger partial charge in [0.25, 0.3) is 0 Å². The maximum Gasteiger partial charge on any atom is 0.0896 e. The van der Waals surface area contributed by atoms with Crippen molar-refractivity contribution >= 4 is 11.3 Å². The predicted octanol–water partition coefficient (Wildman–Crippen LogP) is 3.35. The molecule has 5 heteroatoms. The SMILES string of the molecule is Cn1nccc1CN1CCCCCC1CC(O)c1cccs1. The Labute approximate surface area is 136 Å². The minimum atomic E-state index is -0.336. The minimum absolute atomic E-state index is 0.336. The molecule has 0 spiro atoms. The molecule has 120 valence electrons. The molecule has 3 rings (SSSR count). The van der Waals surface area contributed by atoms with Gasteiger partial charge in [-0.25, -0.2) is 0 Å². The van der Waals surface area contributed by atoms with E-state index in [4.69, 9.17) is 0 Å². The molecule has 1 fully saturated rings. The first kappa shape index (κ1) is 15.7. The van der Waals surface area contributed by atoms with E-state index in [0.29, 0.717) is 6.04 Å². The average Bonchev–Trinajstić information content (AvgIpc) is 3.12. The molecule has 2 atom stereocenters. The summed E-state index contributed by atoms with van der Waals surface area (Å²) in [5.74, 6) is 0. The average molecular weight is 319 g/mol. The maximum atomic E-state index is 10.5. The molecule has 0 aromatic carbocycles. The summed E-state index contributed by atoms with van der Waals surface area (Å²) in [6, 6.07) is 6.60. The number of thiophene rings is 1. The summed E-state index contributed by atoms with van der Waals surface area (Å²) in [6.07, 6.45) is 7.36. The number of likely N-dealkylation sites (tertiary alicyclic amines) is 1. The van der Waals surface area contributed by atoms with Gasteiger partial charge in [0, 0.05) is 30.7 Å². The lowest BCUT2D eigenvalue weighted by atomic mass is 10.0. The van der Waals surface area contributed by atoms with Gasteiger partial charge in [-0.1, -0.05) is 18.9 Å². The third-order valence-corrected chi connectivity index (χ3v) is 5.63. The van der Waals surface area contributed by atoms with E-state index < -0.39 is 0 Å². The number of aliphatic hydroxyl groups excluding tert-OH is 1. The molecule has 2 unspecified atom stereocenters. The molecule has 0 amide bonds. The van der Waals surface area contributed by atoms with Crippen LogP contribution in [0.25, 0.3) is 0 Å². The molecule has 1 N–H and O–H groups in total. The fourth-order valence-corrected chi connectivity index (χ4v) is 4.06. The molecule has 0 radical (unpaired) electrons. The van der Waals surface area contributed by atoms with Crippen LogP contribution < -0.4 is 0 Å². The Morgan fingerprint density at radius 3 is 3.00 bits per heavy atom. The summed E-state index contributed by atoms with van der Waals surface area (Å²) < 4.78 is 1.96. The number of aliphatic hydroxyl groups is 1. The Morgan fingerprint density at radius 2 is 2.27 bits per heavy atom. The van der Waals surface area contributed by atoms with Crippen molar-refractivity contribution < 1.29 is 5.11 Å². The van der Waals surface area contributed by atoms with Crippen molar-refractivity contribution in [3.8, 4) is 0 Å². The zero-order chi connectivity index (χ0) is 15.4. The lowest BCUT2D eigenvalue weighted by molar-refractivity contribution is 0.0982. The van der Waals surface area contributed by atoms with Gasteiger partial charge in [-0.15, -0.1) is 11.3 Å². The van der Waals surface area contributed by atoms with Gasteiger partial charge in [0.15, 0.2) is 0 Å². The molecule has 3 heterocycles. The Kier molecular flexibility index (Phi) is 5.28. The summed E-state index contributed by atoms with van der Waals surface area (Å²) in [5.41, 5.74) is 1.25. The monoisotopic (exact) mass is 319 g/mol. The van der Waals surface area contributed by atoms with Crippen LogP contribution in [0.15, 0.2) is 29.8 Å². The van der Waals surface area contributed by atoms with Crippen LogP contribution in [-0.2, 0) is 13.6 Å². The van der Waals surface area contributed by atoms with Gasteiger partial charge in [0.2, 0.25) is 0 Å². The molecule has 0 bridgehead atoms. The minimum Gasteiger partial charge on any atom is -0.388 e. The van der Waals surface area contributed by atoms with Gasteiger partial charge in [0.1, 0.15) is 0 Å². The second-order valence-electron chi connectivity index (χ2n) is 6.19. The van der Waals surface area contributed by atoms with E-state index in [1.54, 1.807) is 11.3 Å². The summed E-state index contributed by atoms with van der Waals surface area (Å²) in [4.78, 5) is 3.63. The van der Waals surface area contributed by atoms with E-state index in [-0.39, 0.29) is 6.10 Å². The Hall–Kier alpha value is -1.17. The van der Waals surface area contributed by atoms with Crippen LogP contribution in [0.2, 0.25) is 0 Å². The molecular weight excluding hydrogens is 294 g/mol. The fourth-order valence-electron chi connectivity index (χ4n) is 3.33. The zero-order valence-electron chi connectivity index (χ0n) is 13.2. The normalized spacial score (nSPS) is 21.6. The van der Waals surface area contributed by atoms with E-state index >= 15 is 0 Å². The van der Waals surface area contributed by atoms with Gasteiger partial charge in [0.05, 0.1) is 11.8 Å². The highest BCUT2D eigenvalue weighted by Crippen LogP contribution is 2.29. The van der Waals surface area contributed by atoms with Crippen LogP contribution >= 0.6 is 11.3 Å². The highest BCUT2D eigenvalue weighted by molar-refractivity contribution is 7.10. The quantitative estimate of drug-likeness (QED) is 0.919. The molecule has 4 nitrogen and oxygen atoms in total. The molecular formula is C17H25N3OS. The molecule has 1 aliphatic heterocycles. The van der Waals surface area contributed by atoms with Gasteiger partial charge < -0.3 is 5.11 Å². The lowest BCUT2D eigenvalue weighted by Crippen LogP contribution is -2.36. The van der Waals surface area contributed by atoms with Crippen LogP contribution in [0, 0.1) is 0 Å². The summed E-state index contributed by atoms with van der Waals surface area (Å²) in [7, 11) is 2.00. The van der Waals surface area contributed by atoms with Gasteiger partial charge in [-0.05, 0) is 43.3 Å². The molecule has 0 saturated carbocycles. The van der Waals surface area contributed by atoms with Crippen LogP contribution in [0.1, 0.15) is 48.8 Å². The second kappa shape index (κ2) is 7.40. The summed E-state index contributed by atoms with van der Waals surface area (Å²) >= 11 is 1.65. The highest BCUT2D eigenvalue weighted by Gasteiger charge is 2.25. The van der Waals surface area contributed by atoms with E-state index in [2.05, 4.69) is 16.1 Å². The number of aromatic nitrogens is 2. The van der Waals surface area contributed by atoms with Crippen molar-refractivity contribution in [2.45, 2.75) is 50.8 Å². The first-order valence-corrected chi connectivity index (χ1v) is 9.04. The maximum absolute atomic E-state index is 10.5. The van der Waals surface area contributed by atoms with Crippen molar-refractivity contribution in [2.24, 2.45) is 7.05 Å².